The summed E-state index contributed by atoms with van der Waals surface area (Å²) in [6, 6.07) is 12.1. The molecule has 2 aliphatic heterocycles. The highest BCUT2D eigenvalue weighted by atomic mass is 79.9. The van der Waals surface area contributed by atoms with Crippen molar-refractivity contribution < 1.29 is 14.6 Å². The Morgan fingerprint density at radius 3 is 2.39 bits per heavy atom. The van der Waals surface area contributed by atoms with Gasteiger partial charge in [-0.25, -0.2) is 9.79 Å². The Morgan fingerprint density at radius 2 is 1.77 bits per heavy atom. The molecular formula is C21H18Br2Cl2N2O3S. The minimum absolute atomic E-state index is 0. The predicted molar refractivity (Wildman–Crippen MR) is 138 cm³/mol. The molecule has 2 aromatic rings. The quantitative estimate of drug-likeness (QED) is 0.406. The molecule has 0 aliphatic carbocycles. The number of fused-ring (bicyclic) bond motifs is 1. The molecule has 164 valence electrons. The van der Waals surface area contributed by atoms with Gasteiger partial charge in [0.25, 0.3) is 0 Å². The number of halogens is 4. The van der Waals surface area contributed by atoms with Crippen LogP contribution in [0.5, 0.6) is 5.75 Å². The molecule has 0 bridgehead atoms. The number of carbonyl (C=O) groups is 1. The Labute approximate surface area is 215 Å². The molecule has 5 nitrogen and oxygen atoms in total. The Kier molecular flexibility index (Phi) is 8.69. The lowest BCUT2D eigenvalue weighted by Crippen LogP contribution is -2.33. The number of thioether (sulfide) groups is 1. The van der Waals surface area contributed by atoms with Gasteiger partial charge in [0, 0.05) is 22.2 Å². The fourth-order valence-electron chi connectivity index (χ4n) is 3.48. The first-order valence-electron chi connectivity index (χ1n) is 8.70. The first-order valence-corrected chi connectivity index (χ1v) is 10.3. The fraction of sp³-hybridized carbons (Fsp3) is 0.143. The van der Waals surface area contributed by atoms with Crippen LogP contribution in [0.3, 0.4) is 0 Å². The van der Waals surface area contributed by atoms with E-state index < -0.39 is 12.0 Å². The lowest BCUT2D eigenvalue weighted by molar-refractivity contribution is -0.133. The molecule has 10 heteroatoms. The molecule has 0 fully saturated rings. The second kappa shape index (κ2) is 10.4. The van der Waals surface area contributed by atoms with Gasteiger partial charge in [0.05, 0.1) is 34.5 Å². The standard InChI is InChI=1S/C21H16Cl2N2O3S.2BrH/c1-11-17(20(26)27)19(12-6-3-4-9-15(12)28-2)25-10-16(29-21(25)24-11)18-13(22)7-5-8-14(18)23;;/h3-10,19H,1-2H3,(H,26,27);2*1H. The Bertz CT molecular complexity index is 1100. The van der Waals surface area contributed by atoms with Crippen molar-refractivity contribution in [3.8, 4) is 5.75 Å². The average Bonchev–Trinajstić information content (AvgIpc) is 3.09. The average molecular weight is 609 g/mol. The van der Waals surface area contributed by atoms with Crippen molar-refractivity contribution in [2.24, 2.45) is 4.99 Å². The third kappa shape index (κ3) is 4.68. The number of aliphatic carboxylic acids is 1. The highest BCUT2D eigenvalue weighted by Crippen LogP contribution is 2.49. The minimum Gasteiger partial charge on any atom is -0.496 e. The highest BCUT2D eigenvalue weighted by Gasteiger charge is 2.40. The predicted octanol–water partition coefficient (Wildman–Crippen LogP) is 6.97. The van der Waals surface area contributed by atoms with Crippen LogP contribution >= 0.6 is 68.9 Å². The molecule has 4 rings (SSSR count). The maximum Gasteiger partial charge on any atom is 0.335 e. The number of allylic oxidation sites excluding steroid dienone is 1. The smallest absolute Gasteiger partial charge is 0.335 e. The van der Waals surface area contributed by atoms with Crippen LogP contribution in [0.4, 0.5) is 0 Å². The van der Waals surface area contributed by atoms with E-state index >= 15 is 0 Å². The maximum absolute atomic E-state index is 12.1. The van der Waals surface area contributed by atoms with Crippen LogP contribution in [0.1, 0.15) is 24.1 Å². The van der Waals surface area contributed by atoms with Gasteiger partial charge in [0.15, 0.2) is 5.17 Å². The van der Waals surface area contributed by atoms with Crippen molar-refractivity contribution >= 4 is 85.0 Å². The van der Waals surface area contributed by atoms with Crippen LogP contribution < -0.4 is 4.74 Å². The van der Waals surface area contributed by atoms with E-state index in [0.29, 0.717) is 32.2 Å². The number of ether oxygens (including phenoxy) is 1. The molecule has 2 aliphatic rings. The van der Waals surface area contributed by atoms with E-state index in [-0.39, 0.29) is 39.5 Å². The SMILES string of the molecule is Br.Br.COc1ccccc1C1C(C(=O)O)=C(C)N=C2SC(c3c(Cl)cccc3Cl)=CN21. The number of hydrogen-bond donors (Lipinski definition) is 1. The number of rotatable bonds is 4. The first-order chi connectivity index (χ1) is 13.9. The second-order valence-corrected chi connectivity index (χ2v) is 8.27. The van der Waals surface area contributed by atoms with Crippen molar-refractivity contribution in [3.63, 3.8) is 0 Å². The normalized spacial score (nSPS) is 17.2. The summed E-state index contributed by atoms with van der Waals surface area (Å²) in [7, 11) is 1.57. The summed E-state index contributed by atoms with van der Waals surface area (Å²) in [6.45, 7) is 1.71. The van der Waals surface area contributed by atoms with Gasteiger partial charge in [-0.15, -0.1) is 34.0 Å². The third-order valence-corrected chi connectivity index (χ3v) is 6.40. The Balaban J connectivity index is 0.00000171. The molecule has 31 heavy (non-hydrogen) atoms. The number of nitrogens with zero attached hydrogens (tertiary/aromatic N) is 2. The molecular weight excluding hydrogens is 591 g/mol. The van der Waals surface area contributed by atoms with Crippen LogP contribution in [0.2, 0.25) is 10.0 Å². The number of benzene rings is 2. The molecule has 0 radical (unpaired) electrons. The fourth-order valence-corrected chi connectivity index (χ4v) is 5.33. The third-order valence-electron chi connectivity index (χ3n) is 4.76. The number of carboxylic acid groups (broad SMARTS) is 1. The summed E-state index contributed by atoms with van der Waals surface area (Å²) < 4.78 is 5.51. The van der Waals surface area contributed by atoms with Crippen LogP contribution in [0.15, 0.2) is 64.9 Å². The summed E-state index contributed by atoms with van der Waals surface area (Å²) in [5, 5.41) is 11.6. The van der Waals surface area contributed by atoms with Gasteiger partial charge in [0.2, 0.25) is 0 Å². The van der Waals surface area contributed by atoms with Crippen molar-refractivity contribution in [2.45, 2.75) is 13.0 Å². The Morgan fingerprint density at radius 1 is 1.13 bits per heavy atom. The molecule has 0 spiro atoms. The zero-order valence-electron chi connectivity index (χ0n) is 16.3. The summed E-state index contributed by atoms with van der Waals surface area (Å²) in [5.74, 6) is -0.420. The summed E-state index contributed by atoms with van der Waals surface area (Å²) in [4.78, 5) is 19.3. The van der Waals surface area contributed by atoms with E-state index in [4.69, 9.17) is 27.9 Å². The molecule has 1 unspecified atom stereocenters. The molecule has 0 aromatic heterocycles. The second-order valence-electron chi connectivity index (χ2n) is 6.44. The van der Waals surface area contributed by atoms with E-state index in [1.165, 1.54) is 11.8 Å². The minimum atomic E-state index is -1.02. The van der Waals surface area contributed by atoms with E-state index in [9.17, 15) is 9.90 Å². The number of amidine groups is 1. The van der Waals surface area contributed by atoms with Gasteiger partial charge in [-0.3, -0.25) is 0 Å². The number of aliphatic imine (C=N–C) groups is 1. The lowest BCUT2D eigenvalue weighted by atomic mass is 9.94. The number of methoxy groups -OCH3 is 1. The van der Waals surface area contributed by atoms with Crippen LogP contribution in [-0.4, -0.2) is 28.3 Å². The Hall–Kier alpha value is -1.45. The monoisotopic (exact) mass is 606 g/mol. The van der Waals surface area contributed by atoms with Crippen molar-refractivity contribution in [1.29, 1.82) is 0 Å². The van der Waals surface area contributed by atoms with Crippen molar-refractivity contribution in [3.05, 3.63) is 81.1 Å². The summed E-state index contributed by atoms with van der Waals surface area (Å²) >= 11 is 14.2. The zero-order valence-corrected chi connectivity index (χ0v) is 22.1. The number of carboxylic acids is 1. The van der Waals surface area contributed by atoms with E-state index in [2.05, 4.69) is 4.99 Å². The molecule has 0 amide bonds. The zero-order chi connectivity index (χ0) is 20.7. The molecule has 1 N–H and O–H groups in total. The number of hydrogen-bond acceptors (Lipinski definition) is 5. The van der Waals surface area contributed by atoms with Crippen molar-refractivity contribution in [1.82, 2.24) is 4.90 Å². The molecule has 0 saturated heterocycles. The van der Waals surface area contributed by atoms with E-state index in [1.807, 2.05) is 35.4 Å². The van der Waals surface area contributed by atoms with E-state index in [0.717, 1.165) is 10.5 Å². The van der Waals surface area contributed by atoms with Crippen LogP contribution in [0.25, 0.3) is 4.91 Å². The van der Waals surface area contributed by atoms with Gasteiger partial charge >= 0.3 is 5.97 Å². The number of para-hydroxylation sites is 1. The summed E-state index contributed by atoms with van der Waals surface area (Å²) in [5.41, 5.74) is 2.09. The van der Waals surface area contributed by atoms with Gasteiger partial charge in [-0.2, -0.15) is 0 Å². The highest BCUT2D eigenvalue weighted by molar-refractivity contribution is 8.93. The van der Waals surface area contributed by atoms with E-state index in [1.54, 1.807) is 32.2 Å². The molecule has 2 heterocycles. The van der Waals surface area contributed by atoms with Crippen LogP contribution in [0, 0.1) is 0 Å². The topological polar surface area (TPSA) is 62.1 Å². The first kappa shape index (κ1) is 25.8. The van der Waals surface area contributed by atoms with Crippen LogP contribution in [-0.2, 0) is 4.79 Å². The summed E-state index contributed by atoms with van der Waals surface area (Å²) in [6.07, 6.45) is 1.85. The van der Waals surface area contributed by atoms with Gasteiger partial charge in [-0.05, 0) is 36.9 Å². The largest absolute Gasteiger partial charge is 0.496 e. The molecule has 2 aromatic carbocycles. The molecule has 0 saturated carbocycles. The van der Waals surface area contributed by atoms with Gasteiger partial charge in [-0.1, -0.05) is 47.5 Å². The maximum atomic E-state index is 12.1. The van der Waals surface area contributed by atoms with Gasteiger partial charge < -0.3 is 14.7 Å². The van der Waals surface area contributed by atoms with Crippen molar-refractivity contribution in [2.75, 3.05) is 7.11 Å². The lowest BCUT2D eigenvalue weighted by Gasteiger charge is -2.33. The molecule has 1 atom stereocenters. The van der Waals surface area contributed by atoms with Gasteiger partial charge in [0.1, 0.15) is 5.75 Å².